The highest BCUT2D eigenvalue weighted by molar-refractivity contribution is 5.66. The van der Waals surface area contributed by atoms with Crippen molar-refractivity contribution in [3.63, 3.8) is 0 Å². The summed E-state index contributed by atoms with van der Waals surface area (Å²) < 4.78 is 13.7. The van der Waals surface area contributed by atoms with E-state index >= 15 is 0 Å². The van der Waals surface area contributed by atoms with E-state index in [4.69, 9.17) is 5.11 Å². The molecule has 15 heavy (non-hydrogen) atoms. The molecule has 1 aliphatic heterocycles. The van der Waals surface area contributed by atoms with Crippen LogP contribution in [0.15, 0.2) is 0 Å². The van der Waals surface area contributed by atoms with Crippen LogP contribution in [0.3, 0.4) is 0 Å². The molecule has 1 fully saturated rings. The molecule has 1 aliphatic rings. The van der Waals surface area contributed by atoms with Gasteiger partial charge in [0.05, 0.1) is 18.7 Å². The van der Waals surface area contributed by atoms with E-state index in [9.17, 15) is 14.3 Å². The first kappa shape index (κ1) is 12.2. The third kappa shape index (κ3) is 2.59. The summed E-state index contributed by atoms with van der Waals surface area (Å²) in [7, 11) is 0. The zero-order valence-corrected chi connectivity index (χ0v) is 9.27. The van der Waals surface area contributed by atoms with Gasteiger partial charge in [-0.15, -0.1) is 0 Å². The van der Waals surface area contributed by atoms with Gasteiger partial charge >= 0.3 is 6.09 Å². The standard InChI is InChI=1S/C10H18FNO3/c1-10(2,3)8-7(11)4-6(13)5-12(8)9(14)15/h6-8,13H,4-5H2,1-3H3,(H,14,15)/t6-,7?,8?/m1/s1. The minimum absolute atomic E-state index is 0.00229. The molecule has 0 aromatic rings. The van der Waals surface area contributed by atoms with Crippen molar-refractivity contribution >= 4 is 6.09 Å². The molecule has 0 bridgehead atoms. The Labute approximate surface area is 88.7 Å². The molecule has 0 saturated carbocycles. The van der Waals surface area contributed by atoms with E-state index < -0.39 is 29.8 Å². The number of aliphatic hydroxyl groups is 1. The summed E-state index contributed by atoms with van der Waals surface area (Å²) in [4.78, 5) is 12.0. The molecule has 2 unspecified atom stereocenters. The fraction of sp³-hybridized carbons (Fsp3) is 0.900. The first-order chi connectivity index (χ1) is 6.73. The molecule has 4 nitrogen and oxygen atoms in total. The fourth-order valence-corrected chi connectivity index (χ4v) is 2.21. The molecule has 88 valence electrons. The predicted octanol–water partition coefficient (Wildman–Crippen LogP) is 1.48. The van der Waals surface area contributed by atoms with Gasteiger partial charge in [0.1, 0.15) is 6.17 Å². The Morgan fingerprint density at radius 3 is 2.40 bits per heavy atom. The fourth-order valence-electron chi connectivity index (χ4n) is 2.21. The molecule has 5 heteroatoms. The maximum Gasteiger partial charge on any atom is 0.407 e. The molecular formula is C10H18FNO3. The van der Waals surface area contributed by atoms with Gasteiger partial charge in [-0.25, -0.2) is 9.18 Å². The van der Waals surface area contributed by atoms with E-state index in [-0.39, 0.29) is 13.0 Å². The second kappa shape index (κ2) is 3.96. The van der Waals surface area contributed by atoms with E-state index in [1.165, 1.54) is 0 Å². The molecule has 0 aliphatic carbocycles. The zero-order chi connectivity index (χ0) is 11.8. The minimum atomic E-state index is -1.30. The normalized spacial score (nSPS) is 32.9. The minimum Gasteiger partial charge on any atom is -0.465 e. The highest BCUT2D eigenvalue weighted by Crippen LogP contribution is 2.33. The van der Waals surface area contributed by atoms with E-state index in [0.29, 0.717) is 0 Å². The molecule has 0 aromatic carbocycles. The van der Waals surface area contributed by atoms with Crippen LogP contribution in [0.4, 0.5) is 9.18 Å². The van der Waals surface area contributed by atoms with E-state index in [2.05, 4.69) is 0 Å². The number of hydrogen-bond acceptors (Lipinski definition) is 2. The monoisotopic (exact) mass is 219 g/mol. The molecule has 1 heterocycles. The third-order valence-corrected chi connectivity index (χ3v) is 2.72. The summed E-state index contributed by atoms with van der Waals surface area (Å²) in [5.41, 5.74) is -0.460. The molecule has 1 rings (SSSR count). The van der Waals surface area contributed by atoms with Crippen molar-refractivity contribution in [3.05, 3.63) is 0 Å². The van der Waals surface area contributed by atoms with Gasteiger partial charge < -0.3 is 10.2 Å². The van der Waals surface area contributed by atoms with Gasteiger partial charge in [0.2, 0.25) is 0 Å². The molecule has 1 saturated heterocycles. The Hall–Kier alpha value is -0.840. The quantitative estimate of drug-likeness (QED) is 0.648. The van der Waals surface area contributed by atoms with Gasteiger partial charge in [-0.3, -0.25) is 4.90 Å². The van der Waals surface area contributed by atoms with Crippen LogP contribution in [-0.2, 0) is 0 Å². The Morgan fingerprint density at radius 2 is 2.00 bits per heavy atom. The number of piperidine rings is 1. The smallest absolute Gasteiger partial charge is 0.407 e. The van der Waals surface area contributed by atoms with E-state index in [0.717, 1.165) is 4.90 Å². The topological polar surface area (TPSA) is 60.8 Å². The van der Waals surface area contributed by atoms with Crippen LogP contribution < -0.4 is 0 Å². The molecule has 3 atom stereocenters. The van der Waals surface area contributed by atoms with Crippen molar-refractivity contribution in [2.75, 3.05) is 6.54 Å². The average Bonchev–Trinajstić information content (AvgIpc) is 1.99. The first-order valence-electron chi connectivity index (χ1n) is 5.05. The van der Waals surface area contributed by atoms with Crippen molar-refractivity contribution < 1.29 is 19.4 Å². The summed E-state index contributed by atoms with van der Waals surface area (Å²) in [5.74, 6) is 0. The SMILES string of the molecule is CC(C)(C)C1C(F)C[C@@H](O)CN1C(=O)O. The van der Waals surface area contributed by atoms with E-state index in [1.807, 2.05) is 0 Å². The van der Waals surface area contributed by atoms with Crippen LogP contribution >= 0.6 is 0 Å². The highest BCUT2D eigenvalue weighted by atomic mass is 19.1. The Kier molecular flexibility index (Phi) is 3.23. The number of rotatable bonds is 0. The second-order valence-corrected chi connectivity index (χ2v) is 5.15. The largest absolute Gasteiger partial charge is 0.465 e. The van der Waals surface area contributed by atoms with Gasteiger partial charge in [0, 0.05) is 6.42 Å². The zero-order valence-electron chi connectivity index (χ0n) is 9.27. The number of aliphatic hydroxyl groups excluding tert-OH is 1. The van der Waals surface area contributed by atoms with Gasteiger partial charge in [-0.2, -0.15) is 0 Å². The number of halogens is 1. The maximum atomic E-state index is 13.7. The van der Waals surface area contributed by atoms with Gasteiger partial charge in [0.25, 0.3) is 0 Å². The number of hydrogen-bond donors (Lipinski definition) is 2. The molecule has 0 radical (unpaired) electrons. The first-order valence-corrected chi connectivity index (χ1v) is 5.05. The summed E-state index contributed by atoms with van der Waals surface area (Å²) in [6, 6.07) is -0.682. The molecule has 2 N–H and O–H groups in total. The number of nitrogens with zero attached hydrogens (tertiary/aromatic N) is 1. The van der Waals surface area contributed by atoms with Crippen LogP contribution in [0.2, 0.25) is 0 Å². The Balaban J connectivity index is 2.93. The lowest BCUT2D eigenvalue weighted by atomic mass is 9.79. The second-order valence-electron chi connectivity index (χ2n) is 5.15. The summed E-state index contributed by atoms with van der Waals surface area (Å²) >= 11 is 0. The van der Waals surface area contributed by atoms with Crippen molar-refractivity contribution in [1.82, 2.24) is 4.90 Å². The molecular weight excluding hydrogens is 201 g/mol. The Bertz CT molecular complexity index is 252. The number of alkyl halides is 1. The number of likely N-dealkylation sites (tertiary alicyclic amines) is 1. The number of amides is 1. The van der Waals surface area contributed by atoms with Crippen LogP contribution in [0, 0.1) is 5.41 Å². The average molecular weight is 219 g/mol. The maximum absolute atomic E-state index is 13.7. The molecule has 1 amide bonds. The van der Waals surface area contributed by atoms with Gasteiger partial charge in [-0.05, 0) is 5.41 Å². The van der Waals surface area contributed by atoms with Crippen LogP contribution in [0.25, 0.3) is 0 Å². The van der Waals surface area contributed by atoms with E-state index in [1.54, 1.807) is 20.8 Å². The Morgan fingerprint density at radius 1 is 1.47 bits per heavy atom. The molecule has 0 aromatic heterocycles. The van der Waals surface area contributed by atoms with Crippen molar-refractivity contribution in [2.24, 2.45) is 5.41 Å². The lowest BCUT2D eigenvalue weighted by molar-refractivity contribution is -0.0432. The lowest BCUT2D eigenvalue weighted by Crippen LogP contribution is -2.58. The third-order valence-electron chi connectivity index (χ3n) is 2.72. The van der Waals surface area contributed by atoms with Crippen LogP contribution in [0.5, 0.6) is 0 Å². The predicted molar refractivity (Wildman–Crippen MR) is 53.5 cm³/mol. The summed E-state index contributed by atoms with van der Waals surface area (Å²) in [6.45, 7) is 5.41. The molecule has 0 spiro atoms. The van der Waals surface area contributed by atoms with Crippen molar-refractivity contribution in [1.29, 1.82) is 0 Å². The summed E-state index contributed by atoms with van der Waals surface area (Å²) in [5, 5.41) is 18.3. The van der Waals surface area contributed by atoms with Crippen LogP contribution in [-0.4, -0.2) is 46.1 Å². The van der Waals surface area contributed by atoms with Gasteiger partial charge in [-0.1, -0.05) is 20.8 Å². The number of carbonyl (C=O) groups is 1. The summed E-state index contributed by atoms with van der Waals surface area (Å²) in [6.07, 6.45) is -3.35. The van der Waals surface area contributed by atoms with Crippen LogP contribution in [0.1, 0.15) is 27.2 Å². The number of carboxylic acid groups (broad SMARTS) is 1. The highest BCUT2D eigenvalue weighted by Gasteiger charge is 2.44. The number of β-amino-alcohol motifs (C(OH)–C–C–N with tert-alkyl or cyclic N) is 1. The van der Waals surface area contributed by atoms with Crippen molar-refractivity contribution in [3.8, 4) is 0 Å². The van der Waals surface area contributed by atoms with Crippen molar-refractivity contribution in [2.45, 2.75) is 45.5 Å². The van der Waals surface area contributed by atoms with Gasteiger partial charge in [0.15, 0.2) is 0 Å². The lowest BCUT2D eigenvalue weighted by Gasteiger charge is -2.45.